The van der Waals surface area contributed by atoms with E-state index in [4.69, 9.17) is 0 Å². The van der Waals surface area contributed by atoms with E-state index in [0.717, 1.165) is 11.1 Å². The fourth-order valence-corrected chi connectivity index (χ4v) is 5.37. The van der Waals surface area contributed by atoms with Crippen LogP contribution in [-0.4, -0.2) is 33.6 Å². The van der Waals surface area contributed by atoms with Crippen molar-refractivity contribution in [3.8, 4) is 0 Å². The van der Waals surface area contributed by atoms with Crippen LogP contribution in [0.3, 0.4) is 0 Å². The van der Waals surface area contributed by atoms with Crippen LogP contribution in [-0.2, 0) is 0 Å². The first-order valence-corrected chi connectivity index (χ1v) is 7.00. The zero-order valence-electron chi connectivity index (χ0n) is 11.6. The standard InChI is InChI=1S/C15H24O3/c1-7-11(17)6-15-8(2)10(16)5-9(14(15,3)4)13(18)12(7)15/h8-11,13,16-18H,5-6H2,1-4H3/t8-,9-,10+,11+,13+,15?/m1/s1. The van der Waals surface area contributed by atoms with Gasteiger partial charge in [-0.05, 0) is 48.2 Å². The lowest BCUT2D eigenvalue weighted by atomic mass is 9.52. The topological polar surface area (TPSA) is 60.7 Å². The first-order chi connectivity index (χ1) is 8.25. The van der Waals surface area contributed by atoms with E-state index in [1.54, 1.807) is 0 Å². The molecule has 0 saturated heterocycles. The summed E-state index contributed by atoms with van der Waals surface area (Å²) in [6.45, 7) is 8.41. The van der Waals surface area contributed by atoms with Crippen molar-refractivity contribution in [1.82, 2.24) is 0 Å². The van der Waals surface area contributed by atoms with Crippen molar-refractivity contribution >= 4 is 0 Å². The molecule has 0 radical (unpaired) electrons. The molecule has 3 rings (SSSR count). The lowest BCUT2D eigenvalue weighted by Gasteiger charge is -2.53. The van der Waals surface area contributed by atoms with E-state index in [2.05, 4.69) is 20.8 Å². The van der Waals surface area contributed by atoms with Crippen LogP contribution in [0.15, 0.2) is 11.1 Å². The average molecular weight is 252 g/mol. The average Bonchev–Trinajstić information content (AvgIpc) is 2.60. The van der Waals surface area contributed by atoms with E-state index < -0.39 is 12.2 Å². The maximum atomic E-state index is 10.6. The van der Waals surface area contributed by atoms with Gasteiger partial charge in [-0.15, -0.1) is 0 Å². The summed E-state index contributed by atoms with van der Waals surface area (Å²) >= 11 is 0. The van der Waals surface area contributed by atoms with E-state index in [1.807, 2.05) is 6.92 Å². The lowest BCUT2D eigenvalue weighted by Crippen LogP contribution is -2.51. The molecule has 1 spiro atoms. The third kappa shape index (κ3) is 1.08. The van der Waals surface area contributed by atoms with Gasteiger partial charge in [0.2, 0.25) is 0 Å². The minimum absolute atomic E-state index is 0.0564. The van der Waals surface area contributed by atoms with Gasteiger partial charge in [0.15, 0.2) is 0 Å². The molecule has 0 amide bonds. The van der Waals surface area contributed by atoms with E-state index in [1.165, 1.54) is 0 Å². The van der Waals surface area contributed by atoms with Gasteiger partial charge in [-0.25, -0.2) is 0 Å². The zero-order valence-corrected chi connectivity index (χ0v) is 11.6. The van der Waals surface area contributed by atoms with Crippen molar-refractivity contribution in [2.75, 3.05) is 0 Å². The summed E-state index contributed by atoms with van der Waals surface area (Å²) in [5.74, 6) is 0.212. The number of aliphatic hydroxyl groups excluding tert-OH is 3. The maximum absolute atomic E-state index is 10.6. The SMILES string of the molecule is CC1=C2[C@@H](O)[C@H]3C[C@H](O)[C@@H](C)C2(C[C@@H]1O)C3(C)C. The Bertz CT molecular complexity index is 425. The van der Waals surface area contributed by atoms with Crippen LogP contribution in [0, 0.1) is 22.7 Å². The second kappa shape index (κ2) is 3.38. The second-order valence-corrected chi connectivity index (χ2v) is 7.15. The lowest BCUT2D eigenvalue weighted by molar-refractivity contribution is -0.102. The third-order valence-corrected chi connectivity index (χ3v) is 6.52. The van der Waals surface area contributed by atoms with E-state index in [-0.39, 0.29) is 28.8 Å². The minimum atomic E-state index is -0.489. The third-order valence-electron chi connectivity index (χ3n) is 6.52. The molecule has 2 fully saturated rings. The highest BCUT2D eigenvalue weighted by molar-refractivity contribution is 5.44. The number of rotatable bonds is 0. The number of aliphatic hydroxyl groups is 3. The van der Waals surface area contributed by atoms with Crippen LogP contribution in [0.25, 0.3) is 0 Å². The van der Waals surface area contributed by atoms with Gasteiger partial charge in [0, 0.05) is 5.41 Å². The van der Waals surface area contributed by atoms with Crippen LogP contribution >= 0.6 is 0 Å². The second-order valence-electron chi connectivity index (χ2n) is 7.15. The zero-order chi connectivity index (χ0) is 13.5. The fraction of sp³-hybridized carbons (Fsp3) is 0.867. The van der Waals surface area contributed by atoms with Crippen molar-refractivity contribution in [3.05, 3.63) is 11.1 Å². The van der Waals surface area contributed by atoms with Crippen LogP contribution in [0.2, 0.25) is 0 Å². The number of fused-ring (bicyclic) bond motifs is 1. The van der Waals surface area contributed by atoms with Crippen molar-refractivity contribution in [2.45, 2.75) is 58.8 Å². The van der Waals surface area contributed by atoms with Gasteiger partial charge in [-0.3, -0.25) is 0 Å². The molecule has 3 N–H and O–H groups in total. The molecule has 6 atom stereocenters. The van der Waals surface area contributed by atoms with Gasteiger partial charge >= 0.3 is 0 Å². The Morgan fingerprint density at radius 1 is 1.17 bits per heavy atom. The Kier molecular flexibility index (Phi) is 2.38. The predicted molar refractivity (Wildman–Crippen MR) is 68.8 cm³/mol. The van der Waals surface area contributed by atoms with Gasteiger partial charge in [0.05, 0.1) is 18.3 Å². The molecule has 3 nitrogen and oxygen atoms in total. The van der Waals surface area contributed by atoms with Gasteiger partial charge < -0.3 is 15.3 Å². The van der Waals surface area contributed by atoms with Gasteiger partial charge in [-0.1, -0.05) is 20.8 Å². The quantitative estimate of drug-likeness (QED) is 0.572. The van der Waals surface area contributed by atoms with Crippen LogP contribution in [0.4, 0.5) is 0 Å². The van der Waals surface area contributed by atoms with Crippen molar-refractivity contribution < 1.29 is 15.3 Å². The van der Waals surface area contributed by atoms with Crippen LogP contribution in [0.5, 0.6) is 0 Å². The van der Waals surface area contributed by atoms with Crippen LogP contribution in [0.1, 0.15) is 40.5 Å². The molecule has 0 heterocycles. The summed E-state index contributed by atoms with van der Waals surface area (Å²) in [7, 11) is 0. The molecule has 102 valence electrons. The summed E-state index contributed by atoms with van der Waals surface area (Å²) in [5, 5.41) is 31.2. The maximum Gasteiger partial charge on any atom is 0.0793 e. The molecular formula is C15H24O3. The van der Waals surface area contributed by atoms with Gasteiger partial charge in [-0.2, -0.15) is 0 Å². The Morgan fingerprint density at radius 3 is 2.39 bits per heavy atom. The highest BCUT2D eigenvalue weighted by Gasteiger charge is 2.70. The predicted octanol–water partition coefficient (Wildman–Crippen LogP) is 1.47. The Balaban J connectivity index is 2.26. The first-order valence-electron chi connectivity index (χ1n) is 7.00. The minimum Gasteiger partial charge on any atom is -0.393 e. The Labute approximate surface area is 109 Å². The molecular weight excluding hydrogens is 228 g/mol. The Hall–Kier alpha value is -0.380. The molecule has 2 saturated carbocycles. The Morgan fingerprint density at radius 2 is 1.78 bits per heavy atom. The summed E-state index contributed by atoms with van der Waals surface area (Å²) in [4.78, 5) is 0. The molecule has 3 aliphatic carbocycles. The largest absolute Gasteiger partial charge is 0.393 e. The van der Waals surface area contributed by atoms with Crippen molar-refractivity contribution in [3.63, 3.8) is 0 Å². The van der Waals surface area contributed by atoms with Crippen molar-refractivity contribution in [2.24, 2.45) is 22.7 Å². The summed E-state index contributed by atoms with van der Waals surface area (Å²) < 4.78 is 0. The fourth-order valence-electron chi connectivity index (χ4n) is 5.37. The first kappa shape index (κ1) is 12.6. The molecule has 2 bridgehead atoms. The number of hydrogen-bond acceptors (Lipinski definition) is 3. The van der Waals surface area contributed by atoms with Crippen molar-refractivity contribution in [1.29, 1.82) is 0 Å². The molecule has 0 aromatic rings. The normalized spacial score (nSPS) is 53.8. The molecule has 18 heavy (non-hydrogen) atoms. The summed E-state index contributed by atoms with van der Waals surface area (Å²) in [6, 6.07) is 0. The molecule has 3 heteroatoms. The molecule has 0 aromatic heterocycles. The van der Waals surface area contributed by atoms with E-state index in [0.29, 0.717) is 12.8 Å². The molecule has 0 aliphatic heterocycles. The summed E-state index contributed by atoms with van der Waals surface area (Å²) in [5.41, 5.74) is 1.70. The number of hydrogen-bond donors (Lipinski definition) is 3. The summed E-state index contributed by atoms with van der Waals surface area (Å²) in [6.07, 6.45) is 0.0179. The smallest absolute Gasteiger partial charge is 0.0793 e. The molecule has 1 unspecified atom stereocenters. The highest BCUT2D eigenvalue weighted by Crippen LogP contribution is 2.72. The van der Waals surface area contributed by atoms with Gasteiger partial charge in [0.1, 0.15) is 0 Å². The van der Waals surface area contributed by atoms with Gasteiger partial charge in [0.25, 0.3) is 0 Å². The highest BCUT2D eigenvalue weighted by atomic mass is 16.3. The van der Waals surface area contributed by atoms with E-state index >= 15 is 0 Å². The molecule has 3 aliphatic rings. The molecule has 0 aromatic carbocycles. The van der Waals surface area contributed by atoms with E-state index in [9.17, 15) is 15.3 Å². The monoisotopic (exact) mass is 252 g/mol. The van der Waals surface area contributed by atoms with Crippen LogP contribution < -0.4 is 0 Å².